The van der Waals surface area contributed by atoms with Crippen LogP contribution in [0.2, 0.25) is 0 Å². The van der Waals surface area contributed by atoms with Gasteiger partial charge in [-0.15, -0.1) is 0 Å². The highest BCUT2D eigenvalue weighted by atomic mass is 19.4. The molecule has 3 aromatic heterocycles. The predicted molar refractivity (Wildman–Crippen MR) is 127 cm³/mol. The van der Waals surface area contributed by atoms with Crippen LogP contribution in [0.15, 0.2) is 71.8 Å². The molecule has 0 spiro atoms. The van der Waals surface area contributed by atoms with Crippen LogP contribution >= 0.6 is 0 Å². The van der Waals surface area contributed by atoms with Crippen LogP contribution < -0.4 is 10.2 Å². The normalized spacial score (nSPS) is 14.7. The fourth-order valence-corrected chi connectivity index (χ4v) is 4.16. The number of hydrogen-bond donors (Lipinski definition) is 2. The highest BCUT2D eigenvalue weighted by molar-refractivity contribution is 6.04. The number of rotatable bonds is 6. The van der Waals surface area contributed by atoms with Crippen molar-refractivity contribution in [3.05, 3.63) is 84.4 Å². The van der Waals surface area contributed by atoms with E-state index in [1.54, 1.807) is 43.1 Å². The van der Waals surface area contributed by atoms with Gasteiger partial charge in [-0.25, -0.2) is 4.98 Å². The van der Waals surface area contributed by atoms with E-state index in [0.29, 0.717) is 44.2 Å². The standard InChI is InChI=1S/C25H23F3N6O2/c26-25(27,28)18-1-2-21(34-11-9-33(10-12-34)15-19-14-30-16-31-19)20(13-18)32-24(35)23-4-3-22(36-23)17-5-7-29-8-6-17/h1-8,13-14,16H,9-12,15H2,(H,30,31)(H,32,35). The molecule has 0 saturated carbocycles. The molecule has 8 nitrogen and oxygen atoms in total. The largest absolute Gasteiger partial charge is 0.451 e. The van der Waals surface area contributed by atoms with Crippen molar-refractivity contribution in [1.82, 2.24) is 19.9 Å². The second kappa shape index (κ2) is 9.86. The molecule has 2 N–H and O–H groups in total. The van der Waals surface area contributed by atoms with E-state index in [1.807, 2.05) is 4.90 Å². The summed E-state index contributed by atoms with van der Waals surface area (Å²) < 4.78 is 46.0. The molecular weight excluding hydrogens is 473 g/mol. The molecule has 1 aliphatic rings. The SMILES string of the molecule is O=C(Nc1cc(C(F)(F)F)ccc1N1CCN(Cc2cnc[nH]2)CC1)c1ccc(-c2ccncc2)o1. The second-order valence-corrected chi connectivity index (χ2v) is 8.42. The van der Waals surface area contributed by atoms with E-state index in [9.17, 15) is 18.0 Å². The molecule has 1 fully saturated rings. The van der Waals surface area contributed by atoms with Crippen LogP contribution in [0, 0.1) is 0 Å². The number of anilines is 2. The molecule has 5 rings (SSSR count). The number of alkyl halides is 3. The Morgan fingerprint density at radius 2 is 1.81 bits per heavy atom. The van der Waals surface area contributed by atoms with Gasteiger partial charge in [0.1, 0.15) is 5.76 Å². The highest BCUT2D eigenvalue weighted by Gasteiger charge is 2.32. The van der Waals surface area contributed by atoms with Gasteiger partial charge in [0.15, 0.2) is 5.76 Å². The number of nitrogens with one attached hydrogen (secondary N) is 2. The van der Waals surface area contributed by atoms with E-state index in [2.05, 4.69) is 25.2 Å². The zero-order chi connectivity index (χ0) is 25.1. The number of amides is 1. The first-order valence-corrected chi connectivity index (χ1v) is 11.3. The predicted octanol–water partition coefficient (Wildman–Crippen LogP) is 4.66. The Bertz CT molecular complexity index is 1310. The molecule has 0 aliphatic carbocycles. The summed E-state index contributed by atoms with van der Waals surface area (Å²) in [5.41, 5.74) is 1.50. The molecule has 36 heavy (non-hydrogen) atoms. The van der Waals surface area contributed by atoms with Gasteiger partial charge in [-0.05, 0) is 42.5 Å². The highest BCUT2D eigenvalue weighted by Crippen LogP contribution is 2.36. The molecule has 1 amide bonds. The van der Waals surface area contributed by atoms with Crippen LogP contribution in [0.4, 0.5) is 24.5 Å². The number of carbonyl (C=O) groups excluding carboxylic acids is 1. The van der Waals surface area contributed by atoms with Gasteiger partial charge in [-0.2, -0.15) is 13.2 Å². The fourth-order valence-electron chi connectivity index (χ4n) is 4.16. The van der Waals surface area contributed by atoms with Gasteiger partial charge >= 0.3 is 6.18 Å². The molecular formula is C25H23F3N6O2. The Morgan fingerprint density at radius 3 is 2.50 bits per heavy atom. The Hall–Kier alpha value is -4.12. The lowest BCUT2D eigenvalue weighted by Crippen LogP contribution is -2.46. The lowest BCUT2D eigenvalue weighted by molar-refractivity contribution is -0.137. The first-order chi connectivity index (χ1) is 17.4. The summed E-state index contributed by atoms with van der Waals surface area (Å²) >= 11 is 0. The molecule has 4 heterocycles. The summed E-state index contributed by atoms with van der Waals surface area (Å²) in [5, 5.41) is 2.64. The van der Waals surface area contributed by atoms with Gasteiger partial charge in [0.25, 0.3) is 5.91 Å². The number of aromatic amines is 1. The molecule has 0 atom stereocenters. The Balaban J connectivity index is 1.34. The summed E-state index contributed by atoms with van der Waals surface area (Å²) in [6, 6.07) is 10.0. The number of benzene rings is 1. The molecule has 1 saturated heterocycles. The number of nitrogens with zero attached hydrogens (tertiary/aromatic N) is 4. The van der Waals surface area contributed by atoms with Gasteiger partial charge in [0.2, 0.25) is 0 Å². The number of halogens is 3. The van der Waals surface area contributed by atoms with Crippen molar-refractivity contribution in [2.75, 3.05) is 36.4 Å². The fraction of sp³-hybridized carbons (Fsp3) is 0.240. The molecule has 11 heteroatoms. The van der Waals surface area contributed by atoms with E-state index < -0.39 is 17.6 Å². The number of carbonyl (C=O) groups is 1. The Labute approximate surface area is 204 Å². The second-order valence-electron chi connectivity index (χ2n) is 8.42. The van der Waals surface area contributed by atoms with Crippen LogP contribution in [0.3, 0.4) is 0 Å². The number of piperazine rings is 1. The van der Waals surface area contributed by atoms with E-state index in [1.165, 1.54) is 12.1 Å². The number of H-pyrrole nitrogens is 1. The molecule has 0 bridgehead atoms. The maximum Gasteiger partial charge on any atom is 0.416 e. The summed E-state index contributed by atoms with van der Waals surface area (Å²) in [6.45, 7) is 3.31. The van der Waals surface area contributed by atoms with E-state index >= 15 is 0 Å². The minimum Gasteiger partial charge on any atom is -0.451 e. The average Bonchev–Trinajstić information content (AvgIpc) is 3.57. The third-order valence-corrected chi connectivity index (χ3v) is 6.03. The summed E-state index contributed by atoms with van der Waals surface area (Å²) in [4.78, 5) is 28.2. The molecule has 186 valence electrons. The van der Waals surface area contributed by atoms with Crippen molar-refractivity contribution in [2.45, 2.75) is 12.7 Å². The first kappa shape index (κ1) is 23.6. The number of aromatic nitrogens is 3. The van der Waals surface area contributed by atoms with Gasteiger partial charge in [0.05, 0.1) is 23.3 Å². The molecule has 0 radical (unpaired) electrons. The zero-order valence-electron chi connectivity index (χ0n) is 19.1. The van der Waals surface area contributed by atoms with E-state index in [0.717, 1.165) is 23.4 Å². The monoisotopic (exact) mass is 496 g/mol. The van der Waals surface area contributed by atoms with Gasteiger partial charge in [0, 0.05) is 62.6 Å². The smallest absolute Gasteiger partial charge is 0.416 e. The van der Waals surface area contributed by atoms with E-state index in [4.69, 9.17) is 4.42 Å². The molecule has 1 aliphatic heterocycles. The minimum atomic E-state index is -4.54. The van der Waals surface area contributed by atoms with Crippen LogP contribution in [0.1, 0.15) is 21.8 Å². The number of hydrogen-bond acceptors (Lipinski definition) is 6. The van der Waals surface area contributed by atoms with Crippen molar-refractivity contribution in [2.24, 2.45) is 0 Å². The first-order valence-electron chi connectivity index (χ1n) is 11.3. The van der Waals surface area contributed by atoms with Gasteiger partial charge < -0.3 is 19.6 Å². The van der Waals surface area contributed by atoms with Crippen molar-refractivity contribution in [3.63, 3.8) is 0 Å². The van der Waals surface area contributed by atoms with Crippen molar-refractivity contribution < 1.29 is 22.4 Å². The van der Waals surface area contributed by atoms with Crippen molar-refractivity contribution in [1.29, 1.82) is 0 Å². The molecule has 4 aromatic rings. The topological polar surface area (TPSA) is 90.3 Å². The zero-order valence-corrected chi connectivity index (χ0v) is 19.1. The number of pyridine rings is 1. The third kappa shape index (κ3) is 5.25. The molecule has 0 unspecified atom stereocenters. The lowest BCUT2D eigenvalue weighted by Gasteiger charge is -2.36. The van der Waals surface area contributed by atoms with Gasteiger partial charge in [-0.3, -0.25) is 14.7 Å². The Morgan fingerprint density at radius 1 is 1.03 bits per heavy atom. The number of furan rings is 1. The maximum absolute atomic E-state index is 13.5. The third-order valence-electron chi connectivity index (χ3n) is 6.03. The van der Waals surface area contributed by atoms with Crippen LogP contribution in [0.25, 0.3) is 11.3 Å². The molecule has 1 aromatic carbocycles. The Kier molecular flexibility index (Phi) is 6.47. The van der Waals surface area contributed by atoms with E-state index in [-0.39, 0.29) is 11.4 Å². The summed E-state index contributed by atoms with van der Waals surface area (Å²) in [7, 11) is 0. The lowest BCUT2D eigenvalue weighted by atomic mass is 10.1. The minimum absolute atomic E-state index is 0.00505. The number of imidazole rings is 1. The summed E-state index contributed by atoms with van der Waals surface area (Å²) in [5.74, 6) is -0.177. The van der Waals surface area contributed by atoms with Crippen molar-refractivity contribution >= 4 is 17.3 Å². The van der Waals surface area contributed by atoms with Crippen molar-refractivity contribution in [3.8, 4) is 11.3 Å². The quantitative estimate of drug-likeness (QED) is 0.404. The summed E-state index contributed by atoms with van der Waals surface area (Å²) in [6.07, 6.45) is 2.05. The van der Waals surface area contributed by atoms with Gasteiger partial charge in [-0.1, -0.05) is 0 Å². The average molecular weight is 496 g/mol. The van der Waals surface area contributed by atoms with Crippen LogP contribution in [-0.2, 0) is 12.7 Å². The van der Waals surface area contributed by atoms with Crippen LogP contribution in [-0.4, -0.2) is 51.9 Å². The van der Waals surface area contributed by atoms with Crippen LogP contribution in [0.5, 0.6) is 0 Å². The maximum atomic E-state index is 13.5.